The van der Waals surface area contributed by atoms with Gasteiger partial charge in [-0.2, -0.15) is 0 Å². The van der Waals surface area contributed by atoms with Crippen LogP contribution in [0.1, 0.15) is 38.7 Å². The fraction of sp³-hybridized carbons (Fsp3) is 0.556. The van der Waals surface area contributed by atoms with Crippen molar-refractivity contribution in [2.24, 2.45) is 0 Å². The predicted molar refractivity (Wildman–Crippen MR) is 92.8 cm³/mol. The summed E-state index contributed by atoms with van der Waals surface area (Å²) in [5.74, 6) is -0.228. The van der Waals surface area contributed by atoms with E-state index in [0.29, 0.717) is 13.0 Å². The maximum Gasteiger partial charge on any atom is 0.410 e. The lowest BCUT2D eigenvalue weighted by Crippen LogP contribution is -2.41. The molecular weight excluding hydrogens is 308 g/mol. The molecule has 0 radical (unpaired) electrons. The van der Waals surface area contributed by atoms with E-state index in [0.717, 1.165) is 5.56 Å². The zero-order valence-electron chi connectivity index (χ0n) is 14.9. The van der Waals surface area contributed by atoms with Gasteiger partial charge >= 0.3 is 6.09 Å². The van der Waals surface area contributed by atoms with Crippen LogP contribution in [0.5, 0.6) is 0 Å². The van der Waals surface area contributed by atoms with Crippen LogP contribution < -0.4 is 5.32 Å². The molecule has 1 aromatic rings. The van der Waals surface area contributed by atoms with E-state index in [9.17, 15) is 14.7 Å². The molecule has 0 saturated carbocycles. The van der Waals surface area contributed by atoms with Crippen molar-refractivity contribution in [3.05, 3.63) is 35.9 Å². The number of aliphatic hydroxyl groups excluding tert-OH is 1. The molecule has 1 aromatic carbocycles. The lowest BCUT2D eigenvalue weighted by Gasteiger charge is -2.24. The molecule has 1 rings (SSSR count). The summed E-state index contributed by atoms with van der Waals surface area (Å²) in [7, 11) is 1.52. The van der Waals surface area contributed by atoms with E-state index in [-0.39, 0.29) is 25.0 Å². The number of hydrogen-bond donors (Lipinski definition) is 2. The molecule has 0 aliphatic rings. The molecule has 134 valence electrons. The molecule has 0 bridgehead atoms. The number of aliphatic hydroxyl groups is 1. The van der Waals surface area contributed by atoms with Gasteiger partial charge in [0.25, 0.3) is 0 Å². The molecule has 2 N–H and O–H groups in total. The van der Waals surface area contributed by atoms with Gasteiger partial charge in [0.05, 0.1) is 0 Å². The number of likely N-dealkylation sites (N-methyl/N-ethyl adjacent to an activating group) is 1. The van der Waals surface area contributed by atoms with Crippen molar-refractivity contribution >= 4 is 12.0 Å². The Balaban J connectivity index is 2.50. The summed E-state index contributed by atoms with van der Waals surface area (Å²) < 4.78 is 5.21. The van der Waals surface area contributed by atoms with Crippen LogP contribution in [0, 0.1) is 0 Å². The van der Waals surface area contributed by atoms with E-state index in [4.69, 9.17) is 4.74 Å². The Morgan fingerprint density at radius 1 is 1.25 bits per heavy atom. The summed E-state index contributed by atoms with van der Waals surface area (Å²) in [6, 6.07) is 9.72. The smallest absolute Gasteiger partial charge is 0.410 e. The molecule has 0 saturated heterocycles. The number of hydrogen-bond acceptors (Lipinski definition) is 4. The molecule has 1 unspecified atom stereocenters. The number of carbonyl (C=O) groups is 2. The molecular formula is C18H28N2O4. The number of nitrogens with one attached hydrogen (secondary N) is 1. The number of ether oxygens (including phenoxy) is 1. The van der Waals surface area contributed by atoms with Crippen LogP contribution in [0.25, 0.3) is 0 Å². The summed E-state index contributed by atoms with van der Waals surface area (Å²) in [6.07, 6.45) is 0.0271. The Morgan fingerprint density at radius 2 is 1.88 bits per heavy atom. The Hall–Kier alpha value is -2.08. The Kier molecular flexibility index (Phi) is 7.71. The third-order valence-corrected chi connectivity index (χ3v) is 3.38. The second-order valence-electron chi connectivity index (χ2n) is 6.76. The van der Waals surface area contributed by atoms with Crippen molar-refractivity contribution in [2.75, 3.05) is 26.7 Å². The maximum absolute atomic E-state index is 12.0. The first-order chi connectivity index (χ1) is 11.2. The summed E-state index contributed by atoms with van der Waals surface area (Å²) in [5, 5.41) is 12.0. The average Bonchev–Trinajstić information content (AvgIpc) is 2.50. The highest BCUT2D eigenvalue weighted by molar-refractivity contribution is 5.82. The van der Waals surface area contributed by atoms with E-state index >= 15 is 0 Å². The van der Waals surface area contributed by atoms with Crippen molar-refractivity contribution in [1.82, 2.24) is 10.2 Å². The molecule has 0 aliphatic heterocycles. The fourth-order valence-corrected chi connectivity index (χ4v) is 2.18. The molecule has 0 spiro atoms. The Labute approximate surface area is 143 Å². The van der Waals surface area contributed by atoms with Gasteiger partial charge in [0.15, 0.2) is 0 Å². The van der Waals surface area contributed by atoms with Crippen molar-refractivity contribution in [3.63, 3.8) is 0 Å². The maximum atomic E-state index is 12.0. The average molecular weight is 336 g/mol. The summed E-state index contributed by atoms with van der Waals surface area (Å²) in [6.45, 7) is 5.71. The van der Waals surface area contributed by atoms with Crippen LogP contribution in [0.15, 0.2) is 30.3 Å². The fourth-order valence-electron chi connectivity index (χ4n) is 2.18. The van der Waals surface area contributed by atoms with Gasteiger partial charge < -0.3 is 20.1 Å². The second-order valence-corrected chi connectivity index (χ2v) is 6.76. The van der Waals surface area contributed by atoms with Crippen LogP contribution in [0.3, 0.4) is 0 Å². The van der Waals surface area contributed by atoms with E-state index < -0.39 is 11.7 Å². The number of benzene rings is 1. The topological polar surface area (TPSA) is 78.9 Å². The van der Waals surface area contributed by atoms with Crippen molar-refractivity contribution in [2.45, 2.75) is 38.7 Å². The Morgan fingerprint density at radius 3 is 2.42 bits per heavy atom. The van der Waals surface area contributed by atoms with Gasteiger partial charge in [-0.05, 0) is 32.8 Å². The first kappa shape index (κ1) is 20.0. The monoisotopic (exact) mass is 336 g/mol. The van der Waals surface area contributed by atoms with Crippen LogP contribution in [-0.4, -0.2) is 54.4 Å². The first-order valence-corrected chi connectivity index (χ1v) is 8.09. The van der Waals surface area contributed by atoms with Gasteiger partial charge in [-0.25, -0.2) is 4.79 Å². The molecule has 1 atom stereocenters. The zero-order chi connectivity index (χ0) is 18.2. The number of nitrogens with zero attached hydrogens (tertiary/aromatic N) is 1. The van der Waals surface area contributed by atoms with E-state index in [1.807, 2.05) is 30.3 Å². The SMILES string of the molecule is CN(CC(=O)NCC(CCO)c1ccccc1)C(=O)OC(C)(C)C. The summed E-state index contributed by atoms with van der Waals surface area (Å²) >= 11 is 0. The zero-order valence-corrected chi connectivity index (χ0v) is 14.9. The van der Waals surface area contributed by atoms with E-state index in [1.165, 1.54) is 11.9 Å². The number of amides is 2. The molecule has 0 aliphatic carbocycles. The lowest BCUT2D eigenvalue weighted by atomic mass is 9.96. The highest BCUT2D eigenvalue weighted by Crippen LogP contribution is 2.18. The van der Waals surface area contributed by atoms with Crippen LogP contribution in [0.4, 0.5) is 4.79 Å². The molecule has 24 heavy (non-hydrogen) atoms. The Bertz CT molecular complexity index is 526. The molecule has 0 fully saturated rings. The van der Waals surface area contributed by atoms with Crippen LogP contribution >= 0.6 is 0 Å². The third-order valence-electron chi connectivity index (χ3n) is 3.38. The molecule has 0 heterocycles. The first-order valence-electron chi connectivity index (χ1n) is 8.09. The van der Waals surface area contributed by atoms with Crippen molar-refractivity contribution in [3.8, 4) is 0 Å². The van der Waals surface area contributed by atoms with Gasteiger partial charge in [0, 0.05) is 26.1 Å². The van der Waals surface area contributed by atoms with Gasteiger partial charge in [-0.3, -0.25) is 4.79 Å². The minimum atomic E-state index is -0.596. The van der Waals surface area contributed by atoms with Gasteiger partial charge in [-0.1, -0.05) is 30.3 Å². The van der Waals surface area contributed by atoms with E-state index in [2.05, 4.69) is 5.32 Å². The van der Waals surface area contributed by atoms with Crippen molar-refractivity contribution < 1.29 is 19.4 Å². The van der Waals surface area contributed by atoms with Gasteiger partial charge in [0.1, 0.15) is 12.1 Å². The molecule has 6 heteroatoms. The van der Waals surface area contributed by atoms with Crippen LogP contribution in [-0.2, 0) is 9.53 Å². The standard InChI is InChI=1S/C18H28N2O4/c1-18(2,3)24-17(23)20(4)13-16(22)19-12-15(10-11-21)14-8-6-5-7-9-14/h5-9,15,21H,10-13H2,1-4H3,(H,19,22). The highest BCUT2D eigenvalue weighted by Gasteiger charge is 2.21. The molecule has 6 nitrogen and oxygen atoms in total. The quantitative estimate of drug-likeness (QED) is 0.799. The number of carbonyl (C=O) groups excluding carboxylic acids is 2. The summed E-state index contributed by atoms with van der Waals surface area (Å²) in [5.41, 5.74) is 0.466. The largest absolute Gasteiger partial charge is 0.444 e. The third kappa shape index (κ3) is 7.46. The van der Waals surface area contributed by atoms with E-state index in [1.54, 1.807) is 20.8 Å². The highest BCUT2D eigenvalue weighted by atomic mass is 16.6. The second kappa shape index (κ2) is 9.27. The molecule has 0 aromatic heterocycles. The van der Waals surface area contributed by atoms with Crippen molar-refractivity contribution in [1.29, 1.82) is 0 Å². The minimum Gasteiger partial charge on any atom is -0.444 e. The molecule has 2 amide bonds. The minimum absolute atomic E-state index is 0.0342. The summed E-state index contributed by atoms with van der Waals surface area (Å²) in [4.78, 5) is 25.1. The normalized spacial score (nSPS) is 12.4. The van der Waals surface area contributed by atoms with Crippen LogP contribution in [0.2, 0.25) is 0 Å². The van der Waals surface area contributed by atoms with Gasteiger partial charge in [0.2, 0.25) is 5.91 Å². The van der Waals surface area contributed by atoms with Gasteiger partial charge in [-0.15, -0.1) is 0 Å². The lowest BCUT2D eigenvalue weighted by molar-refractivity contribution is -0.122. The predicted octanol–water partition coefficient (Wildman–Crippen LogP) is 2.14. The number of rotatable bonds is 7.